The van der Waals surface area contributed by atoms with Crippen molar-refractivity contribution in [3.05, 3.63) is 60.2 Å². The van der Waals surface area contributed by atoms with E-state index in [-0.39, 0.29) is 17.9 Å². The molecule has 1 aliphatic heterocycles. The summed E-state index contributed by atoms with van der Waals surface area (Å²) in [5.74, 6) is 0.351. The van der Waals surface area contributed by atoms with E-state index in [1.54, 1.807) is 0 Å². The number of rotatable bonds is 5. The van der Waals surface area contributed by atoms with Gasteiger partial charge < -0.3 is 9.80 Å². The molecule has 1 fully saturated rings. The normalized spacial score (nSPS) is 14.8. The summed E-state index contributed by atoms with van der Waals surface area (Å²) in [4.78, 5) is 28.3. The Kier molecular flexibility index (Phi) is 6.28. The monoisotopic (exact) mass is 364 g/mol. The molecule has 0 aromatic heterocycles. The molecule has 0 spiro atoms. The van der Waals surface area contributed by atoms with Crippen molar-refractivity contribution in [3.8, 4) is 11.1 Å². The minimum Gasteiger partial charge on any atom is -0.343 e. The number of carbonyl (C=O) groups excluding carboxylic acids is 2. The standard InChI is InChI=1S/C23H28N2O2/c1-3-22(26)24(2)21-13-15-25(16-14-21)23(27)17-18-9-11-20(12-10-18)19-7-5-4-6-8-19/h4-12,21H,3,13-17H2,1-2H3. The van der Waals surface area contributed by atoms with Crippen LogP contribution in [0.25, 0.3) is 11.1 Å². The summed E-state index contributed by atoms with van der Waals surface area (Å²) in [5.41, 5.74) is 3.39. The average molecular weight is 364 g/mol. The zero-order chi connectivity index (χ0) is 19.2. The molecule has 142 valence electrons. The highest BCUT2D eigenvalue weighted by Gasteiger charge is 2.26. The summed E-state index contributed by atoms with van der Waals surface area (Å²) in [5, 5.41) is 0. The Labute approximate surface area is 161 Å². The first kappa shape index (κ1) is 19.2. The maximum absolute atomic E-state index is 12.6. The van der Waals surface area contributed by atoms with Crippen LogP contribution < -0.4 is 0 Å². The molecule has 2 aromatic carbocycles. The quantitative estimate of drug-likeness (QED) is 0.811. The zero-order valence-corrected chi connectivity index (χ0v) is 16.2. The van der Waals surface area contributed by atoms with Crippen molar-refractivity contribution in [2.45, 2.75) is 38.6 Å². The molecule has 4 nitrogen and oxygen atoms in total. The van der Waals surface area contributed by atoms with E-state index in [9.17, 15) is 9.59 Å². The molecular formula is C23H28N2O2. The summed E-state index contributed by atoms with van der Waals surface area (Å²) in [6.07, 6.45) is 2.69. The number of likely N-dealkylation sites (tertiary alicyclic amines) is 1. The van der Waals surface area contributed by atoms with Crippen molar-refractivity contribution in [2.24, 2.45) is 0 Å². The van der Waals surface area contributed by atoms with Crippen LogP contribution in [0.4, 0.5) is 0 Å². The van der Waals surface area contributed by atoms with Crippen LogP contribution in [0.5, 0.6) is 0 Å². The molecule has 1 saturated heterocycles. The molecule has 2 aromatic rings. The minimum atomic E-state index is 0.172. The van der Waals surface area contributed by atoms with E-state index in [2.05, 4.69) is 24.3 Å². The molecule has 0 radical (unpaired) electrons. The Balaban J connectivity index is 1.53. The van der Waals surface area contributed by atoms with Crippen LogP contribution in [0, 0.1) is 0 Å². The molecule has 0 N–H and O–H groups in total. The predicted molar refractivity (Wildman–Crippen MR) is 108 cm³/mol. The fourth-order valence-corrected chi connectivity index (χ4v) is 3.69. The highest BCUT2D eigenvalue weighted by molar-refractivity contribution is 5.79. The van der Waals surface area contributed by atoms with Crippen LogP contribution >= 0.6 is 0 Å². The van der Waals surface area contributed by atoms with E-state index in [4.69, 9.17) is 0 Å². The highest BCUT2D eigenvalue weighted by atomic mass is 16.2. The van der Waals surface area contributed by atoms with Crippen LogP contribution in [0.2, 0.25) is 0 Å². The summed E-state index contributed by atoms with van der Waals surface area (Å²) < 4.78 is 0. The second-order valence-corrected chi connectivity index (χ2v) is 7.21. The second-order valence-electron chi connectivity index (χ2n) is 7.21. The van der Waals surface area contributed by atoms with E-state index in [1.807, 2.05) is 54.1 Å². The molecule has 3 rings (SSSR count). The number of hydrogen-bond donors (Lipinski definition) is 0. The fourth-order valence-electron chi connectivity index (χ4n) is 3.69. The van der Waals surface area contributed by atoms with Gasteiger partial charge in [0.15, 0.2) is 0 Å². The first-order valence-electron chi connectivity index (χ1n) is 9.76. The fraction of sp³-hybridized carbons (Fsp3) is 0.391. The van der Waals surface area contributed by atoms with Crippen LogP contribution in [-0.4, -0.2) is 47.8 Å². The molecule has 1 heterocycles. The van der Waals surface area contributed by atoms with Crippen molar-refractivity contribution in [1.29, 1.82) is 0 Å². The maximum Gasteiger partial charge on any atom is 0.226 e. The maximum atomic E-state index is 12.6. The lowest BCUT2D eigenvalue weighted by molar-refractivity contribution is -0.135. The number of amides is 2. The van der Waals surface area contributed by atoms with Gasteiger partial charge in [-0.3, -0.25) is 9.59 Å². The highest BCUT2D eigenvalue weighted by Crippen LogP contribution is 2.21. The van der Waals surface area contributed by atoms with Crippen molar-refractivity contribution < 1.29 is 9.59 Å². The zero-order valence-electron chi connectivity index (χ0n) is 16.2. The van der Waals surface area contributed by atoms with Gasteiger partial charge in [-0.05, 0) is 29.5 Å². The Morgan fingerprint density at radius 2 is 1.56 bits per heavy atom. The van der Waals surface area contributed by atoms with Crippen molar-refractivity contribution in [3.63, 3.8) is 0 Å². The van der Waals surface area contributed by atoms with E-state index in [1.165, 1.54) is 5.56 Å². The van der Waals surface area contributed by atoms with Gasteiger partial charge in [0.05, 0.1) is 6.42 Å². The lowest BCUT2D eigenvalue weighted by atomic mass is 10.0. The number of piperidine rings is 1. The largest absolute Gasteiger partial charge is 0.343 e. The van der Waals surface area contributed by atoms with E-state index in [0.29, 0.717) is 12.8 Å². The second kappa shape index (κ2) is 8.85. The third-order valence-electron chi connectivity index (χ3n) is 5.48. The van der Waals surface area contributed by atoms with Gasteiger partial charge >= 0.3 is 0 Å². The summed E-state index contributed by atoms with van der Waals surface area (Å²) >= 11 is 0. The topological polar surface area (TPSA) is 40.6 Å². The average Bonchev–Trinajstić information content (AvgIpc) is 2.74. The molecule has 2 amide bonds. The predicted octanol–water partition coefficient (Wildman–Crippen LogP) is 3.76. The van der Waals surface area contributed by atoms with Crippen LogP contribution in [0.3, 0.4) is 0 Å². The number of nitrogens with zero attached hydrogens (tertiary/aromatic N) is 2. The van der Waals surface area contributed by atoms with E-state index < -0.39 is 0 Å². The van der Waals surface area contributed by atoms with Crippen molar-refractivity contribution in [1.82, 2.24) is 9.80 Å². The Morgan fingerprint density at radius 1 is 0.963 bits per heavy atom. The van der Waals surface area contributed by atoms with Gasteiger partial charge in [0, 0.05) is 32.6 Å². The lowest BCUT2D eigenvalue weighted by Crippen LogP contribution is -2.47. The Bertz CT molecular complexity index is 763. The third kappa shape index (κ3) is 4.76. The van der Waals surface area contributed by atoms with Gasteiger partial charge in [-0.25, -0.2) is 0 Å². The molecule has 0 bridgehead atoms. The molecule has 27 heavy (non-hydrogen) atoms. The van der Waals surface area contributed by atoms with Gasteiger partial charge in [-0.15, -0.1) is 0 Å². The van der Waals surface area contributed by atoms with Crippen LogP contribution in [0.1, 0.15) is 31.7 Å². The first-order chi connectivity index (χ1) is 13.1. The van der Waals surface area contributed by atoms with Crippen molar-refractivity contribution in [2.75, 3.05) is 20.1 Å². The van der Waals surface area contributed by atoms with E-state index in [0.717, 1.165) is 37.1 Å². The Morgan fingerprint density at radius 3 is 2.15 bits per heavy atom. The summed E-state index contributed by atoms with van der Waals surface area (Å²) in [6.45, 7) is 3.35. The number of carbonyl (C=O) groups is 2. The molecular weight excluding hydrogens is 336 g/mol. The minimum absolute atomic E-state index is 0.172. The first-order valence-corrected chi connectivity index (χ1v) is 9.76. The third-order valence-corrected chi connectivity index (χ3v) is 5.48. The molecule has 0 unspecified atom stereocenters. The van der Waals surface area contributed by atoms with Crippen molar-refractivity contribution >= 4 is 11.8 Å². The molecule has 0 saturated carbocycles. The lowest BCUT2D eigenvalue weighted by Gasteiger charge is -2.36. The number of benzene rings is 2. The van der Waals surface area contributed by atoms with E-state index >= 15 is 0 Å². The SMILES string of the molecule is CCC(=O)N(C)C1CCN(C(=O)Cc2ccc(-c3ccccc3)cc2)CC1. The smallest absolute Gasteiger partial charge is 0.226 e. The number of hydrogen-bond acceptors (Lipinski definition) is 2. The molecule has 0 aliphatic carbocycles. The summed E-state index contributed by atoms with van der Waals surface area (Å²) in [7, 11) is 1.88. The molecule has 4 heteroatoms. The van der Waals surface area contributed by atoms with Crippen LogP contribution in [0.15, 0.2) is 54.6 Å². The molecule has 1 aliphatic rings. The van der Waals surface area contributed by atoms with Gasteiger partial charge in [0.25, 0.3) is 0 Å². The van der Waals surface area contributed by atoms with Crippen LogP contribution in [-0.2, 0) is 16.0 Å². The Hall–Kier alpha value is -2.62. The van der Waals surface area contributed by atoms with Gasteiger partial charge in [0.1, 0.15) is 0 Å². The van der Waals surface area contributed by atoms with Gasteiger partial charge in [-0.2, -0.15) is 0 Å². The van der Waals surface area contributed by atoms with Gasteiger partial charge in [-0.1, -0.05) is 61.5 Å². The van der Waals surface area contributed by atoms with Gasteiger partial charge in [0.2, 0.25) is 11.8 Å². The molecule has 0 atom stereocenters. The summed E-state index contributed by atoms with van der Waals surface area (Å²) in [6, 6.07) is 18.7.